The monoisotopic (exact) mass is 217 g/mol. The molecule has 0 bridgehead atoms. The Morgan fingerprint density at radius 2 is 2.12 bits per heavy atom. The molecule has 0 spiro atoms. The van der Waals surface area contributed by atoms with E-state index in [1.807, 2.05) is 30.5 Å². The summed E-state index contributed by atoms with van der Waals surface area (Å²) in [4.78, 5) is 16.5. The van der Waals surface area contributed by atoms with E-state index in [2.05, 4.69) is 4.98 Å². The van der Waals surface area contributed by atoms with Crippen LogP contribution in [0.25, 0.3) is 10.9 Å². The largest absolute Gasteiger partial charge is 0.359 e. The van der Waals surface area contributed by atoms with Gasteiger partial charge in [0.05, 0.1) is 11.7 Å². The van der Waals surface area contributed by atoms with Crippen molar-refractivity contribution in [2.24, 2.45) is 5.73 Å². The number of para-hydroxylation sites is 1. The third kappa shape index (κ3) is 1.67. The van der Waals surface area contributed by atoms with E-state index in [-0.39, 0.29) is 5.91 Å². The van der Waals surface area contributed by atoms with Crippen molar-refractivity contribution in [3.8, 4) is 0 Å². The van der Waals surface area contributed by atoms with Gasteiger partial charge in [0.25, 0.3) is 0 Å². The summed E-state index contributed by atoms with van der Waals surface area (Å²) in [5.74, 6) is -0.0928. The second kappa shape index (κ2) is 3.98. The lowest BCUT2D eigenvalue weighted by atomic mass is 10.2. The van der Waals surface area contributed by atoms with Crippen molar-refractivity contribution < 1.29 is 4.79 Å². The van der Waals surface area contributed by atoms with Crippen LogP contribution in [-0.4, -0.2) is 24.0 Å². The molecule has 1 heterocycles. The lowest BCUT2D eigenvalue weighted by Gasteiger charge is -2.18. The third-order valence-electron chi connectivity index (χ3n) is 2.65. The normalized spacial score (nSPS) is 12.7. The minimum atomic E-state index is -0.487. The Labute approximate surface area is 94.0 Å². The number of nitrogens with zero attached hydrogens (tertiary/aromatic N) is 1. The Morgan fingerprint density at radius 3 is 2.81 bits per heavy atom. The van der Waals surface area contributed by atoms with Gasteiger partial charge in [0.1, 0.15) is 0 Å². The smallest absolute Gasteiger partial charge is 0.243 e. The number of nitrogens with two attached hydrogens (primary N) is 1. The highest BCUT2D eigenvalue weighted by atomic mass is 16.2. The topological polar surface area (TPSA) is 62.1 Å². The molecule has 0 aliphatic heterocycles. The van der Waals surface area contributed by atoms with E-state index >= 15 is 0 Å². The number of anilines is 1. The Kier molecular flexibility index (Phi) is 2.66. The Bertz CT molecular complexity index is 516. The number of benzene rings is 1. The van der Waals surface area contributed by atoms with E-state index in [9.17, 15) is 4.79 Å². The van der Waals surface area contributed by atoms with Gasteiger partial charge in [-0.2, -0.15) is 0 Å². The number of rotatable bonds is 2. The van der Waals surface area contributed by atoms with Crippen molar-refractivity contribution in [1.29, 1.82) is 0 Å². The molecule has 84 valence electrons. The molecule has 1 aromatic carbocycles. The first kappa shape index (κ1) is 10.7. The summed E-state index contributed by atoms with van der Waals surface area (Å²) in [6.45, 7) is 1.69. The summed E-state index contributed by atoms with van der Waals surface area (Å²) in [5, 5.41) is 1.03. The van der Waals surface area contributed by atoms with Crippen molar-refractivity contribution in [3.05, 3.63) is 30.5 Å². The number of hydrogen-bond acceptors (Lipinski definition) is 2. The molecular weight excluding hydrogens is 202 g/mol. The fourth-order valence-corrected chi connectivity index (χ4v) is 1.76. The quantitative estimate of drug-likeness (QED) is 0.800. The van der Waals surface area contributed by atoms with Gasteiger partial charge in [-0.05, 0) is 13.0 Å². The summed E-state index contributed by atoms with van der Waals surface area (Å²) < 4.78 is 0. The molecule has 2 rings (SSSR count). The number of amides is 1. The summed E-state index contributed by atoms with van der Waals surface area (Å²) in [6.07, 6.45) is 1.82. The number of likely N-dealkylation sites (N-methyl/N-ethyl adjacent to an activating group) is 1. The van der Waals surface area contributed by atoms with Crippen LogP contribution in [0, 0.1) is 0 Å². The van der Waals surface area contributed by atoms with Gasteiger partial charge in [-0.1, -0.05) is 18.2 Å². The average molecular weight is 217 g/mol. The summed E-state index contributed by atoms with van der Waals surface area (Å²) in [6, 6.07) is 7.37. The summed E-state index contributed by atoms with van der Waals surface area (Å²) in [7, 11) is 1.74. The van der Waals surface area contributed by atoms with Crippen molar-refractivity contribution >= 4 is 22.5 Å². The molecule has 1 unspecified atom stereocenters. The van der Waals surface area contributed by atoms with Gasteiger partial charge in [0.2, 0.25) is 5.91 Å². The molecule has 3 N–H and O–H groups in total. The number of aromatic amines is 1. The molecule has 1 aromatic heterocycles. The van der Waals surface area contributed by atoms with E-state index in [0.29, 0.717) is 0 Å². The Balaban J connectivity index is 2.44. The summed E-state index contributed by atoms with van der Waals surface area (Å²) in [5.41, 5.74) is 7.46. The highest BCUT2D eigenvalue weighted by molar-refractivity contribution is 6.04. The molecule has 0 saturated heterocycles. The molecule has 1 amide bonds. The zero-order chi connectivity index (χ0) is 11.7. The van der Waals surface area contributed by atoms with E-state index < -0.39 is 6.04 Å². The number of fused-ring (bicyclic) bond motifs is 1. The van der Waals surface area contributed by atoms with E-state index in [0.717, 1.165) is 16.6 Å². The van der Waals surface area contributed by atoms with Gasteiger partial charge in [0, 0.05) is 24.1 Å². The lowest BCUT2D eigenvalue weighted by Crippen LogP contribution is -2.39. The Morgan fingerprint density at radius 1 is 1.44 bits per heavy atom. The molecule has 0 saturated carbocycles. The number of hydrogen-bond donors (Lipinski definition) is 2. The van der Waals surface area contributed by atoms with E-state index in [1.54, 1.807) is 18.9 Å². The number of aromatic nitrogens is 1. The molecule has 0 radical (unpaired) electrons. The first-order valence-electron chi connectivity index (χ1n) is 5.20. The molecule has 0 fully saturated rings. The van der Waals surface area contributed by atoms with Crippen LogP contribution in [0.5, 0.6) is 0 Å². The number of carbonyl (C=O) groups excluding carboxylic acids is 1. The molecule has 0 aliphatic carbocycles. The van der Waals surface area contributed by atoms with Crippen LogP contribution in [0.1, 0.15) is 6.92 Å². The zero-order valence-electron chi connectivity index (χ0n) is 9.40. The molecule has 1 atom stereocenters. The van der Waals surface area contributed by atoms with Gasteiger partial charge >= 0.3 is 0 Å². The molecule has 16 heavy (non-hydrogen) atoms. The predicted octanol–water partition coefficient (Wildman–Crippen LogP) is 1.48. The molecule has 4 nitrogen and oxygen atoms in total. The predicted molar refractivity (Wildman–Crippen MR) is 65.4 cm³/mol. The minimum absolute atomic E-state index is 0.0928. The van der Waals surface area contributed by atoms with Gasteiger partial charge in [-0.3, -0.25) is 4.79 Å². The first-order chi connectivity index (χ1) is 7.61. The van der Waals surface area contributed by atoms with Crippen LogP contribution in [-0.2, 0) is 4.79 Å². The molecular formula is C12H15N3O. The minimum Gasteiger partial charge on any atom is -0.359 e. The van der Waals surface area contributed by atoms with Crippen LogP contribution in [0.15, 0.2) is 30.5 Å². The highest BCUT2D eigenvalue weighted by Crippen LogP contribution is 2.25. The van der Waals surface area contributed by atoms with Crippen molar-refractivity contribution in [2.45, 2.75) is 13.0 Å². The maximum Gasteiger partial charge on any atom is 0.243 e. The van der Waals surface area contributed by atoms with Crippen LogP contribution < -0.4 is 10.6 Å². The second-order valence-electron chi connectivity index (χ2n) is 3.91. The van der Waals surface area contributed by atoms with E-state index in [4.69, 9.17) is 5.73 Å². The number of nitrogens with one attached hydrogen (secondary N) is 1. The lowest BCUT2D eigenvalue weighted by molar-refractivity contribution is -0.119. The first-order valence-corrected chi connectivity index (χ1v) is 5.20. The van der Waals surface area contributed by atoms with E-state index in [1.165, 1.54) is 0 Å². The van der Waals surface area contributed by atoms with Crippen LogP contribution in [0.4, 0.5) is 5.69 Å². The van der Waals surface area contributed by atoms with Gasteiger partial charge < -0.3 is 15.6 Å². The third-order valence-corrected chi connectivity index (χ3v) is 2.65. The van der Waals surface area contributed by atoms with Crippen molar-refractivity contribution in [1.82, 2.24) is 4.98 Å². The zero-order valence-corrected chi connectivity index (χ0v) is 9.40. The van der Waals surface area contributed by atoms with Gasteiger partial charge in [0.15, 0.2) is 0 Å². The van der Waals surface area contributed by atoms with Gasteiger partial charge in [-0.25, -0.2) is 0 Å². The maximum absolute atomic E-state index is 11.8. The fraction of sp³-hybridized carbons (Fsp3) is 0.250. The summed E-state index contributed by atoms with van der Waals surface area (Å²) >= 11 is 0. The van der Waals surface area contributed by atoms with Crippen LogP contribution in [0.2, 0.25) is 0 Å². The van der Waals surface area contributed by atoms with Crippen molar-refractivity contribution in [2.75, 3.05) is 11.9 Å². The van der Waals surface area contributed by atoms with Crippen LogP contribution >= 0.6 is 0 Å². The second-order valence-corrected chi connectivity index (χ2v) is 3.91. The number of H-pyrrole nitrogens is 1. The maximum atomic E-state index is 11.8. The van der Waals surface area contributed by atoms with Crippen LogP contribution in [0.3, 0.4) is 0 Å². The average Bonchev–Trinajstić information content (AvgIpc) is 2.70. The molecule has 4 heteroatoms. The highest BCUT2D eigenvalue weighted by Gasteiger charge is 2.17. The fourth-order valence-electron chi connectivity index (χ4n) is 1.76. The Hall–Kier alpha value is -1.81. The van der Waals surface area contributed by atoms with Crippen molar-refractivity contribution in [3.63, 3.8) is 0 Å². The molecule has 0 aliphatic rings. The number of carbonyl (C=O) groups is 1. The molecule has 2 aromatic rings. The SMILES string of the molecule is CC(N)C(=O)N(C)c1c[nH]c2ccccc12. The van der Waals surface area contributed by atoms with Gasteiger partial charge in [-0.15, -0.1) is 0 Å². The standard InChI is InChI=1S/C12H15N3O/c1-8(13)12(16)15(2)11-7-14-10-6-4-3-5-9(10)11/h3-8,14H,13H2,1-2H3.